The number of phosphoric acid groups is 3. The van der Waals surface area contributed by atoms with Gasteiger partial charge in [0.25, 0.3) is 0 Å². The third-order valence-electron chi connectivity index (χ3n) is 12.3. The molecule has 0 spiro atoms. The van der Waals surface area contributed by atoms with Gasteiger partial charge in [0.15, 0.2) is 22.8 Å². The molecule has 2 amide bonds. The number of phosphoric ester groups is 3. The molecule has 1 saturated heterocycles. The molecule has 3 heterocycles. The standard InChI is InChI=1S/C45H82N7O18P3S/c1-4-5-6-7-8-9-10-11-12-13-14-15-16-17-18-19-20-21-22-23-33(53)28-36(55)74-27-26-47-35(54)24-25-48-43(58)40(57)45(2,3)30-67-73(64,65)70-72(62,63)66-29-34-39(69-71(59,60)61)38(56)44(68-34)52-32-51-37-41(46)49-31-50-42(37)52/h31-34,38-40,44,53,56-57H,4-30H2,1-3H3,(H,47,54)(H,48,58)(H,62,63)(H,64,65)(H2,46,49,50)(H2,59,60,61). The van der Waals surface area contributed by atoms with Gasteiger partial charge in [-0.25, -0.2) is 28.6 Å². The summed E-state index contributed by atoms with van der Waals surface area (Å²) in [6.07, 6.45) is 17.3. The highest BCUT2D eigenvalue weighted by molar-refractivity contribution is 8.13. The van der Waals surface area contributed by atoms with E-state index in [-0.39, 0.29) is 53.8 Å². The van der Waals surface area contributed by atoms with Crippen LogP contribution in [0.25, 0.3) is 11.2 Å². The largest absolute Gasteiger partial charge is 0.481 e. The summed E-state index contributed by atoms with van der Waals surface area (Å²) in [6.45, 7) is 2.67. The smallest absolute Gasteiger partial charge is 0.393 e. The van der Waals surface area contributed by atoms with Crippen molar-refractivity contribution in [1.29, 1.82) is 0 Å². The summed E-state index contributed by atoms with van der Waals surface area (Å²) in [7, 11) is -16.4. The van der Waals surface area contributed by atoms with Crippen LogP contribution in [0.3, 0.4) is 0 Å². The second-order valence-electron chi connectivity index (χ2n) is 19.3. The summed E-state index contributed by atoms with van der Waals surface area (Å²) in [5.74, 6) is -1.21. The second-order valence-corrected chi connectivity index (χ2v) is 24.7. The minimum absolute atomic E-state index is 0.0273. The fraction of sp³-hybridized carbons (Fsp3) is 0.822. The predicted molar refractivity (Wildman–Crippen MR) is 276 cm³/mol. The van der Waals surface area contributed by atoms with E-state index in [0.717, 1.165) is 48.2 Å². The lowest BCUT2D eigenvalue weighted by Gasteiger charge is -2.30. The minimum Gasteiger partial charge on any atom is -0.393 e. The lowest BCUT2D eigenvalue weighted by Crippen LogP contribution is -2.46. The molecule has 1 fully saturated rings. The van der Waals surface area contributed by atoms with E-state index in [4.69, 9.17) is 19.5 Å². The van der Waals surface area contributed by atoms with Crippen LogP contribution in [0.1, 0.15) is 168 Å². The van der Waals surface area contributed by atoms with Gasteiger partial charge in [0.1, 0.15) is 36.3 Å². The van der Waals surface area contributed by atoms with Crippen LogP contribution in [-0.2, 0) is 50.7 Å². The van der Waals surface area contributed by atoms with E-state index in [2.05, 4.69) is 41.3 Å². The molecule has 0 aromatic carbocycles. The molecule has 29 heteroatoms. The molecule has 1 aliphatic rings. The molecule has 74 heavy (non-hydrogen) atoms. The number of nitrogen functional groups attached to an aromatic ring is 1. The first-order valence-electron chi connectivity index (χ1n) is 25.7. The molecule has 0 radical (unpaired) electrons. The first-order chi connectivity index (χ1) is 34.9. The molecule has 11 N–H and O–H groups in total. The van der Waals surface area contributed by atoms with Crippen molar-refractivity contribution >= 4 is 69.1 Å². The van der Waals surface area contributed by atoms with Gasteiger partial charge in [-0.1, -0.05) is 155 Å². The maximum Gasteiger partial charge on any atom is 0.481 e. The number of imidazole rings is 1. The molecule has 0 bridgehead atoms. The Balaban J connectivity index is 1.24. The van der Waals surface area contributed by atoms with Gasteiger partial charge in [-0.05, 0) is 6.42 Å². The summed E-state index contributed by atoms with van der Waals surface area (Å²) < 4.78 is 62.5. The van der Waals surface area contributed by atoms with Crippen molar-refractivity contribution in [2.24, 2.45) is 5.41 Å². The van der Waals surface area contributed by atoms with Gasteiger partial charge >= 0.3 is 23.5 Å². The molecule has 1 aliphatic heterocycles. The van der Waals surface area contributed by atoms with Gasteiger partial charge in [0, 0.05) is 37.1 Å². The Bertz CT molecular complexity index is 2140. The number of nitrogens with zero attached hydrogens (tertiary/aromatic N) is 4. The van der Waals surface area contributed by atoms with E-state index in [1.807, 2.05) is 0 Å². The quantitative estimate of drug-likeness (QED) is 0.0260. The molecular formula is C45H82N7O18P3S. The number of hydrogen-bond donors (Lipinski definition) is 10. The average Bonchev–Trinajstić information content (AvgIpc) is 3.89. The van der Waals surface area contributed by atoms with Gasteiger partial charge < -0.3 is 56.0 Å². The Morgan fingerprint density at radius 3 is 1.93 bits per heavy atom. The molecule has 0 saturated carbocycles. The molecule has 3 rings (SSSR count). The number of fused-ring (bicyclic) bond motifs is 1. The number of rotatable bonds is 41. The number of carbonyl (C=O) groups excluding carboxylic acids is 3. The lowest BCUT2D eigenvalue weighted by molar-refractivity contribution is -0.137. The number of unbranched alkanes of at least 4 members (excludes halogenated alkanes) is 18. The topological polar surface area (TPSA) is 384 Å². The number of amides is 2. The minimum atomic E-state index is -5.59. The Hall–Kier alpha value is -2.48. The normalized spacial score (nSPS) is 19.8. The zero-order chi connectivity index (χ0) is 54.8. The number of thioether (sulfide) groups is 1. The van der Waals surface area contributed by atoms with E-state index in [1.165, 1.54) is 117 Å². The molecule has 8 atom stereocenters. The van der Waals surface area contributed by atoms with E-state index in [0.29, 0.717) is 6.42 Å². The van der Waals surface area contributed by atoms with Gasteiger partial charge in [-0.2, -0.15) is 4.31 Å². The first kappa shape index (κ1) is 65.8. The van der Waals surface area contributed by atoms with Crippen molar-refractivity contribution in [2.75, 3.05) is 37.8 Å². The summed E-state index contributed by atoms with van der Waals surface area (Å²) in [6, 6.07) is 0. The molecule has 2 aromatic heterocycles. The Morgan fingerprint density at radius 1 is 0.811 bits per heavy atom. The number of nitrogens with two attached hydrogens (primary N) is 1. The summed E-state index contributed by atoms with van der Waals surface area (Å²) in [5, 5.41) is 36.7. The Morgan fingerprint density at radius 2 is 1.36 bits per heavy atom. The number of aromatic nitrogens is 4. The number of aliphatic hydroxyl groups is 3. The number of nitrogens with one attached hydrogen (secondary N) is 2. The van der Waals surface area contributed by atoms with Crippen molar-refractivity contribution in [3.8, 4) is 0 Å². The second kappa shape index (κ2) is 33.7. The van der Waals surface area contributed by atoms with E-state index in [1.54, 1.807) is 0 Å². The number of hydrogen-bond acceptors (Lipinski definition) is 19. The SMILES string of the molecule is CCCCCCCCCCCCCCCCCCCCCC(O)CC(=O)SCCNC(=O)CCNC(=O)C(O)C(C)(C)COP(=O)(O)OP(=O)(O)OCC1OC(n2cnc3c(N)ncnc32)C(O)C1OP(=O)(O)O. The summed E-state index contributed by atoms with van der Waals surface area (Å²) >= 11 is 1.01. The van der Waals surface area contributed by atoms with Gasteiger partial charge in [0.2, 0.25) is 11.8 Å². The number of aliphatic hydroxyl groups excluding tert-OH is 3. The third-order valence-corrected chi connectivity index (χ3v) is 16.3. The molecule has 2 aromatic rings. The van der Waals surface area contributed by atoms with Crippen LogP contribution in [-0.4, -0.2) is 134 Å². The van der Waals surface area contributed by atoms with E-state index < -0.39 is 90.7 Å². The Kier molecular flexibility index (Phi) is 30.0. The molecule has 25 nitrogen and oxygen atoms in total. The maximum absolute atomic E-state index is 12.8. The molecule has 0 aliphatic carbocycles. The van der Waals surface area contributed by atoms with Gasteiger partial charge in [0.05, 0.1) is 25.6 Å². The molecular weight excluding hydrogens is 1050 g/mol. The zero-order valence-corrected chi connectivity index (χ0v) is 46.4. The summed E-state index contributed by atoms with van der Waals surface area (Å²) in [4.78, 5) is 88.7. The fourth-order valence-corrected chi connectivity index (χ4v) is 11.7. The van der Waals surface area contributed by atoms with E-state index >= 15 is 0 Å². The zero-order valence-electron chi connectivity index (χ0n) is 42.9. The fourth-order valence-electron chi connectivity index (χ4n) is 8.11. The van der Waals surface area contributed by atoms with Crippen molar-refractivity contribution in [3.05, 3.63) is 12.7 Å². The summed E-state index contributed by atoms with van der Waals surface area (Å²) in [5.41, 5.74) is 4.26. The van der Waals surface area contributed by atoms with Crippen LogP contribution >= 0.6 is 35.2 Å². The lowest BCUT2D eigenvalue weighted by atomic mass is 9.87. The Labute approximate surface area is 438 Å². The predicted octanol–water partition coefficient (Wildman–Crippen LogP) is 6.24. The van der Waals surface area contributed by atoms with Gasteiger partial charge in [-0.3, -0.25) is 32.5 Å². The van der Waals surface area contributed by atoms with Gasteiger partial charge in [-0.15, -0.1) is 0 Å². The number of ether oxygens (including phenoxy) is 1. The highest BCUT2D eigenvalue weighted by atomic mass is 32.2. The van der Waals surface area contributed by atoms with Crippen LogP contribution in [0.15, 0.2) is 12.7 Å². The van der Waals surface area contributed by atoms with E-state index in [9.17, 15) is 63.0 Å². The van der Waals surface area contributed by atoms with Crippen LogP contribution in [0, 0.1) is 5.41 Å². The van der Waals surface area contributed by atoms with Crippen molar-refractivity contribution in [1.82, 2.24) is 30.2 Å². The van der Waals surface area contributed by atoms with Crippen molar-refractivity contribution in [3.63, 3.8) is 0 Å². The maximum atomic E-state index is 12.8. The first-order valence-corrected chi connectivity index (χ1v) is 31.2. The highest BCUT2D eigenvalue weighted by Gasteiger charge is 2.50. The van der Waals surface area contributed by atoms with Crippen LogP contribution in [0.5, 0.6) is 0 Å². The molecule has 426 valence electrons. The van der Waals surface area contributed by atoms with Crippen molar-refractivity contribution < 1.29 is 85.6 Å². The molecule has 8 unspecified atom stereocenters. The monoisotopic (exact) mass is 1130 g/mol. The highest BCUT2D eigenvalue weighted by Crippen LogP contribution is 2.61. The number of carbonyl (C=O) groups is 3. The third kappa shape index (κ3) is 25.8. The number of anilines is 1. The average molecular weight is 1130 g/mol. The van der Waals surface area contributed by atoms with Crippen LogP contribution < -0.4 is 16.4 Å². The van der Waals surface area contributed by atoms with Crippen LogP contribution in [0.2, 0.25) is 0 Å². The van der Waals surface area contributed by atoms with Crippen molar-refractivity contribution in [2.45, 2.75) is 199 Å². The van der Waals surface area contributed by atoms with Crippen LogP contribution in [0.4, 0.5) is 5.82 Å².